The van der Waals surface area contributed by atoms with Crippen molar-refractivity contribution >= 4 is 23.1 Å². The fraction of sp³-hybridized carbons (Fsp3) is 0.308. The Morgan fingerprint density at radius 1 is 0.967 bits per heavy atom. The zero-order valence-corrected chi connectivity index (χ0v) is 18.7. The van der Waals surface area contributed by atoms with Crippen molar-refractivity contribution in [2.75, 3.05) is 36.5 Å². The molecule has 30 heavy (non-hydrogen) atoms. The van der Waals surface area contributed by atoms with Gasteiger partial charge in [-0.25, -0.2) is 5.12 Å². The molecule has 0 unspecified atom stereocenters. The summed E-state index contributed by atoms with van der Waals surface area (Å²) in [5.74, 6) is 0. The van der Waals surface area contributed by atoms with E-state index in [9.17, 15) is 0 Å². The summed E-state index contributed by atoms with van der Waals surface area (Å²) in [5.41, 5.74) is 11.2. The van der Waals surface area contributed by atoms with Gasteiger partial charge in [0, 0.05) is 33.0 Å². The standard InChI is InChI=1S/C26H32N4/c1-26(2)17-21(11-10-20-12-14-23(15-13-20)28(3)4)16-22(18-26)19-30-27-24-8-6-7-9-25(24)29(30)5/h6-16,19,27H,17-18H2,1-5H3/b11-10+,22-19-. The maximum absolute atomic E-state index is 3.48. The van der Waals surface area contributed by atoms with E-state index in [2.05, 4.69) is 128 Å². The summed E-state index contributed by atoms with van der Waals surface area (Å²) in [7, 11) is 6.23. The molecule has 1 aliphatic carbocycles. The summed E-state index contributed by atoms with van der Waals surface area (Å²) in [6.45, 7) is 4.70. The molecule has 0 bridgehead atoms. The lowest BCUT2D eigenvalue weighted by Crippen LogP contribution is -2.34. The van der Waals surface area contributed by atoms with Gasteiger partial charge in [-0.15, -0.1) is 0 Å². The third-order valence-electron chi connectivity index (χ3n) is 5.73. The van der Waals surface area contributed by atoms with Crippen LogP contribution in [0.25, 0.3) is 6.08 Å². The zero-order chi connectivity index (χ0) is 21.3. The van der Waals surface area contributed by atoms with E-state index in [4.69, 9.17) is 0 Å². The van der Waals surface area contributed by atoms with Crippen LogP contribution in [0.1, 0.15) is 32.3 Å². The molecular weight excluding hydrogens is 368 g/mol. The van der Waals surface area contributed by atoms with E-state index in [-0.39, 0.29) is 5.41 Å². The highest BCUT2D eigenvalue weighted by Gasteiger charge is 2.27. The van der Waals surface area contributed by atoms with Crippen molar-refractivity contribution in [1.82, 2.24) is 5.12 Å². The summed E-state index contributed by atoms with van der Waals surface area (Å²) in [6, 6.07) is 17.1. The van der Waals surface area contributed by atoms with Crippen LogP contribution in [0.5, 0.6) is 0 Å². The second-order valence-electron chi connectivity index (χ2n) is 9.26. The first-order chi connectivity index (χ1) is 14.3. The van der Waals surface area contributed by atoms with Crippen LogP contribution in [0.3, 0.4) is 0 Å². The molecule has 0 fully saturated rings. The van der Waals surface area contributed by atoms with Gasteiger partial charge in [-0.3, -0.25) is 10.4 Å². The molecule has 1 heterocycles. The number of fused-ring (bicyclic) bond motifs is 1. The van der Waals surface area contributed by atoms with Gasteiger partial charge in [0.25, 0.3) is 0 Å². The van der Waals surface area contributed by atoms with Crippen LogP contribution in [0.2, 0.25) is 0 Å². The van der Waals surface area contributed by atoms with E-state index in [1.165, 1.54) is 28.1 Å². The minimum absolute atomic E-state index is 0.236. The Labute approximate surface area is 180 Å². The average Bonchev–Trinajstić information content (AvgIpc) is 3.01. The highest BCUT2D eigenvalue weighted by atomic mass is 15.8. The van der Waals surface area contributed by atoms with Crippen LogP contribution in [-0.2, 0) is 0 Å². The predicted molar refractivity (Wildman–Crippen MR) is 129 cm³/mol. The number of hydrogen-bond donors (Lipinski definition) is 1. The van der Waals surface area contributed by atoms with Crippen LogP contribution in [0, 0.1) is 5.41 Å². The normalized spacial score (nSPS) is 19.1. The molecule has 1 N–H and O–H groups in total. The van der Waals surface area contributed by atoms with Crippen LogP contribution < -0.4 is 15.3 Å². The Morgan fingerprint density at radius 3 is 2.40 bits per heavy atom. The summed E-state index contributed by atoms with van der Waals surface area (Å²) in [6.07, 6.45) is 11.2. The van der Waals surface area contributed by atoms with Gasteiger partial charge >= 0.3 is 0 Å². The molecule has 2 aromatic rings. The van der Waals surface area contributed by atoms with E-state index in [1.807, 2.05) is 0 Å². The third-order valence-corrected chi connectivity index (χ3v) is 5.73. The number of benzene rings is 2. The predicted octanol–water partition coefficient (Wildman–Crippen LogP) is 6.09. The number of anilines is 3. The van der Waals surface area contributed by atoms with Gasteiger partial charge in [-0.1, -0.05) is 56.3 Å². The van der Waals surface area contributed by atoms with Gasteiger partial charge in [0.2, 0.25) is 0 Å². The summed E-state index contributed by atoms with van der Waals surface area (Å²) in [5, 5.41) is 4.23. The lowest BCUT2D eigenvalue weighted by atomic mass is 9.75. The van der Waals surface area contributed by atoms with E-state index in [0.717, 1.165) is 18.5 Å². The molecule has 0 saturated heterocycles. The number of para-hydroxylation sites is 2. The van der Waals surface area contributed by atoms with E-state index >= 15 is 0 Å². The third kappa shape index (κ3) is 4.38. The summed E-state index contributed by atoms with van der Waals surface area (Å²) >= 11 is 0. The summed E-state index contributed by atoms with van der Waals surface area (Å²) < 4.78 is 0. The van der Waals surface area contributed by atoms with Crippen molar-refractivity contribution in [2.45, 2.75) is 26.7 Å². The first kappa shape index (κ1) is 20.1. The van der Waals surface area contributed by atoms with Gasteiger partial charge in [0.05, 0.1) is 11.4 Å². The Morgan fingerprint density at radius 2 is 1.70 bits per heavy atom. The highest BCUT2D eigenvalue weighted by molar-refractivity contribution is 5.72. The van der Waals surface area contributed by atoms with Crippen molar-refractivity contribution in [3.8, 4) is 0 Å². The Balaban J connectivity index is 1.54. The lowest BCUT2D eigenvalue weighted by molar-refractivity contribution is 0.349. The number of hydrazine groups is 2. The van der Waals surface area contributed by atoms with Crippen molar-refractivity contribution in [1.29, 1.82) is 0 Å². The van der Waals surface area contributed by atoms with Crippen LogP contribution in [0.4, 0.5) is 17.1 Å². The molecule has 4 rings (SSSR count). The molecule has 0 aromatic heterocycles. The first-order valence-electron chi connectivity index (χ1n) is 10.6. The maximum atomic E-state index is 3.48. The van der Waals surface area contributed by atoms with Crippen molar-refractivity contribution in [3.63, 3.8) is 0 Å². The lowest BCUT2D eigenvalue weighted by Gasteiger charge is -2.32. The smallest absolute Gasteiger partial charge is 0.0839 e. The van der Waals surface area contributed by atoms with Crippen LogP contribution in [0.15, 0.2) is 78.0 Å². The molecule has 0 saturated carbocycles. The van der Waals surface area contributed by atoms with Gasteiger partial charge in [-0.05, 0) is 59.2 Å². The molecule has 1 aliphatic heterocycles. The average molecular weight is 401 g/mol. The molecule has 2 aromatic carbocycles. The van der Waals surface area contributed by atoms with Gasteiger partial charge in [-0.2, -0.15) is 0 Å². The Hall–Kier alpha value is -3.14. The SMILES string of the molecule is CN(C)c1ccc(/C=C/C2=CC(=C/N3Nc4ccccc4N3C)/CC(C)(C)C2)cc1. The second kappa shape index (κ2) is 7.94. The first-order valence-corrected chi connectivity index (χ1v) is 10.6. The van der Waals surface area contributed by atoms with Crippen molar-refractivity contribution < 1.29 is 0 Å². The fourth-order valence-electron chi connectivity index (χ4n) is 4.23. The Kier molecular flexibility index (Phi) is 5.33. The molecule has 0 spiro atoms. The maximum Gasteiger partial charge on any atom is 0.0839 e. The molecule has 0 radical (unpaired) electrons. The number of allylic oxidation sites excluding steroid dienone is 4. The molecule has 2 aliphatic rings. The minimum atomic E-state index is 0.236. The molecule has 4 heteroatoms. The number of hydrogen-bond acceptors (Lipinski definition) is 4. The highest BCUT2D eigenvalue weighted by Crippen LogP contribution is 2.40. The Bertz CT molecular complexity index is 996. The zero-order valence-electron chi connectivity index (χ0n) is 18.7. The van der Waals surface area contributed by atoms with E-state index < -0.39 is 0 Å². The number of nitrogens with one attached hydrogen (secondary N) is 1. The largest absolute Gasteiger partial charge is 0.378 e. The number of rotatable bonds is 4. The molecule has 0 atom stereocenters. The van der Waals surface area contributed by atoms with Crippen molar-refractivity contribution in [3.05, 3.63) is 83.6 Å². The minimum Gasteiger partial charge on any atom is -0.378 e. The van der Waals surface area contributed by atoms with Gasteiger partial charge < -0.3 is 4.90 Å². The molecule has 4 nitrogen and oxygen atoms in total. The molecule has 0 amide bonds. The van der Waals surface area contributed by atoms with E-state index in [0.29, 0.717) is 0 Å². The van der Waals surface area contributed by atoms with Crippen molar-refractivity contribution in [2.24, 2.45) is 5.41 Å². The quantitative estimate of drug-likeness (QED) is 0.670. The topological polar surface area (TPSA) is 21.8 Å². The summed E-state index contributed by atoms with van der Waals surface area (Å²) in [4.78, 5) is 2.12. The van der Waals surface area contributed by atoms with Gasteiger partial charge in [0.1, 0.15) is 0 Å². The fourth-order valence-corrected chi connectivity index (χ4v) is 4.23. The van der Waals surface area contributed by atoms with Crippen LogP contribution in [-0.4, -0.2) is 26.3 Å². The second-order valence-corrected chi connectivity index (χ2v) is 9.26. The number of nitrogens with zero attached hydrogens (tertiary/aromatic N) is 3. The van der Waals surface area contributed by atoms with Gasteiger partial charge in [0.15, 0.2) is 0 Å². The monoisotopic (exact) mass is 400 g/mol. The molecular formula is C26H32N4. The molecule has 156 valence electrons. The van der Waals surface area contributed by atoms with E-state index in [1.54, 1.807) is 0 Å². The van der Waals surface area contributed by atoms with Crippen LogP contribution >= 0.6 is 0 Å².